The molecule has 2 heterocycles. The molecular weight excluding hydrogens is 188 g/mol. The van der Waals surface area contributed by atoms with Gasteiger partial charge in [-0.3, -0.25) is 0 Å². The quantitative estimate of drug-likeness (QED) is 0.775. The highest BCUT2D eigenvalue weighted by Gasteiger charge is 2.20. The molecule has 0 aliphatic rings. The van der Waals surface area contributed by atoms with Gasteiger partial charge in [-0.2, -0.15) is 0 Å². The van der Waals surface area contributed by atoms with Crippen molar-refractivity contribution in [1.82, 2.24) is 10.3 Å². The molecule has 0 atom stereocenters. The smallest absolute Gasteiger partial charge is 0.341 e. The summed E-state index contributed by atoms with van der Waals surface area (Å²) in [6.45, 7) is 1.66. The maximum Gasteiger partial charge on any atom is 0.341 e. The second kappa shape index (κ2) is 2.99. The van der Waals surface area contributed by atoms with Crippen molar-refractivity contribution in [2.24, 2.45) is 0 Å². The van der Waals surface area contributed by atoms with E-state index in [4.69, 9.17) is 14.2 Å². The van der Waals surface area contributed by atoms with Gasteiger partial charge >= 0.3 is 5.97 Å². The summed E-state index contributed by atoms with van der Waals surface area (Å²) in [6.07, 6.45) is 2.53. The zero-order valence-electron chi connectivity index (χ0n) is 7.22. The number of aryl methyl sites for hydroxylation is 1. The van der Waals surface area contributed by atoms with Crippen LogP contribution in [0, 0.1) is 6.92 Å². The van der Waals surface area contributed by atoms with Crippen LogP contribution in [0.4, 0.5) is 0 Å². The molecule has 14 heavy (non-hydrogen) atoms. The molecule has 0 fully saturated rings. The van der Waals surface area contributed by atoms with Crippen LogP contribution in [0.2, 0.25) is 0 Å². The van der Waals surface area contributed by atoms with Crippen molar-refractivity contribution in [3.05, 3.63) is 23.7 Å². The molecule has 0 spiro atoms. The summed E-state index contributed by atoms with van der Waals surface area (Å²) in [5.41, 5.74) is 0.496. The number of carbonyl (C=O) groups is 1. The average Bonchev–Trinajstić information content (AvgIpc) is 2.70. The third-order valence-corrected chi connectivity index (χ3v) is 1.80. The first-order valence-corrected chi connectivity index (χ1v) is 3.79. The molecule has 0 aliphatic carbocycles. The Morgan fingerprint density at radius 1 is 1.36 bits per heavy atom. The molecule has 0 aliphatic heterocycles. The van der Waals surface area contributed by atoms with E-state index < -0.39 is 5.97 Å². The molecule has 2 aromatic rings. The molecular formula is C8H6N2O4. The Balaban J connectivity index is 2.57. The fourth-order valence-electron chi connectivity index (χ4n) is 1.10. The Morgan fingerprint density at radius 3 is 2.64 bits per heavy atom. The van der Waals surface area contributed by atoms with Gasteiger partial charge in [-0.15, -0.1) is 0 Å². The van der Waals surface area contributed by atoms with Gasteiger partial charge in [0.2, 0.25) is 0 Å². The zero-order valence-corrected chi connectivity index (χ0v) is 7.22. The van der Waals surface area contributed by atoms with E-state index in [1.165, 1.54) is 6.20 Å². The fraction of sp³-hybridized carbons (Fsp3) is 0.125. The maximum absolute atomic E-state index is 10.7. The van der Waals surface area contributed by atoms with Crippen molar-refractivity contribution in [2.75, 3.05) is 0 Å². The topological polar surface area (TPSA) is 89.4 Å². The number of hydrogen-bond acceptors (Lipinski definition) is 5. The SMILES string of the molecule is Cc1oncc1-c1oncc1C(=O)O. The van der Waals surface area contributed by atoms with Gasteiger partial charge in [0.25, 0.3) is 0 Å². The van der Waals surface area contributed by atoms with Gasteiger partial charge in [0, 0.05) is 0 Å². The largest absolute Gasteiger partial charge is 0.477 e. The Bertz CT molecular complexity index is 471. The zero-order chi connectivity index (χ0) is 10.1. The number of carboxylic acid groups (broad SMARTS) is 1. The van der Waals surface area contributed by atoms with Crippen LogP contribution < -0.4 is 0 Å². The molecule has 0 saturated carbocycles. The number of rotatable bonds is 2. The molecule has 6 heteroatoms. The van der Waals surface area contributed by atoms with Crippen molar-refractivity contribution in [3.8, 4) is 11.3 Å². The number of aromatic nitrogens is 2. The predicted molar refractivity (Wildman–Crippen MR) is 43.7 cm³/mol. The van der Waals surface area contributed by atoms with Crippen LogP contribution in [-0.2, 0) is 0 Å². The standard InChI is InChI=1S/C8H6N2O4/c1-4-5(2-9-13-4)7-6(8(11)12)3-10-14-7/h2-3H,1H3,(H,11,12). The molecule has 0 bridgehead atoms. The Kier molecular flexibility index (Phi) is 1.81. The normalized spacial score (nSPS) is 10.4. The highest BCUT2D eigenvalue weighted by Crippen LogP contribution is 2.26. The first kappa shape index (κ1) is 8.49. The minimum absolute atomic E-state index is 0.00343. The van der Waals surface area contributed by atoms with Crippen molar-refractivity contribution in [1.29, 1.82) is 0 Å². The van der Waals surface area contributed by atoms with Gasteiger partial charge in [-0.25, -0.2) is 4.79 Å². The lowest BCUT2D eigenvalue weighted by molar-refractivity contribution is 0.0697. The van der Waals surface area contributed by atoms with Crippen LogP contribution in [0.3, 0.4) is 0 Å². The third-order valence-electron chi connectivity index (χ3n) is 1.80. The highest BCUT2D eigenvalue weighted by atomic mass is 16.5. The van der Waals surface area contributed by atoms with Gasteiger partial charge in [0.1, 0.15) is 11.3 Å². The van der Waals surface area contributed by atoms with Gasteiger partial charge in [0.05, 0.1) is 18.0 Å². The summed E-state index contributed by atoms with van der Waals surface area (Å²) in [7, 11) is 0. The summed E-state index contributed by atoms with van der Waals surface area (Å²) >= 11 is 0. The Hall–Kier alpha value is -2.11. The first-order valence-electron chi connectivity index (χ1n) is 3.79. The van der Waals surface area contributed by atoms with E-state index in [-0.39, 0.29) is 11.3 Å². The molecule has 2 aromatic heterocycles. The third kappa shape index (κ3) is 1.17. The van der Waals surface area contributed by atoms with Crippen molar-refractivity contribution in [2.45, 2.75) is 6.92 Å². The van der Waals surface area contributed by atoms with Crippen molar-refractivity contribution in [3.63, 3.8) is 0 Å². The lowest BCUT2D eigenvalue weighted by atomic mass is 10.1. The summed E-state index contributed by atoms with van der Waals surface area (Å²) in [4.78, 5) is 10.7. The average molecular weight is 194 g/mol. The molecule has 6 nitrogen and oxygen atoms in total. The van der Waals surface area contributed by atoms with Crippen LogP contribution >= 0.6 is 0 Å². The lowest BCUT2D eigenvalue weighted by Crippen LogP contribution is -1.95. The van der Waals surface area contributed by atoms with E-state index in [1.807, 2.05) is 0 Å². The molecule has 0 aromatic carbocycles. The maximum atomic E-state index is 10.7. The predicted octanol–water partition coefficient (Wildman–Crippen LogP) is 1.34. The van der Waals surface area contributed by atoms with Gasteiger partial charge in [-0.1, -0.05) is 10.3 Å². The minimum atomic E-state index is -1.10. The molecule has 0 radical (unpaired) electrons. The summed E-state index contributed by atoms with van der Waals surface area (Å²) in [5.74, 6) is -0.442. The number of nitrogens with zero attached hydrogens (tertiary/aromatic N) is 2. The second-order valence-corrected chi connectivity index (χ2v) is 2.67. The van der Waals surface area contributed by atoms with Gasteiger partial charge < -0.3 is 14.2 Å². The summed E-state index contributed by atoms with van der Waals surface area (Å²) < 4.78 is 9.61. The fourth-order valence-corrected chi connectivity index (χ4v) is 1.10. The van der Waals surface area contributed by atoms with Crippen LogP contribution in [0.15, 0.2) is 21.4 Å². The van der Waals surface area contributed by atoms with Crippen molar-refractivity contribution >= 4 is 5.97 Å². The number of carboxylic acids is 1. The minimum Gasteiger partial charge on any atom is -0.477 e. The summed E-state index contributed by atoms with van der Waals surface area (Å²) in [5, 5.41) is 15.7. The summed E-state index contributed by atoms with van der Waals surface area (Å²) in [6, 6.07) is 0. The first-order chi connectivity index (χ1) is 6.70. The van der Waals surface area contributed by atoms with E-state index >= 15 is 0 Å². The van der Waals surface area contributed by atoms with Gasteiger partial charge in [0.15, 0.2) is 5.76 Å². The van der Waals surface area contributed by atoms with Crippen LogP contribution in [0.25, 0.3) is 11.3 Å². The molecule has 72 valence electrons. The molecule has 2 rings (SSSR count). The molecule has 0 amide bonds. The lowest BCUT2D eigenvalue weighted by Gasteiger charge is -1.92. The molecule has 0 unspecified atom stereocenters. The highest BCUT2D eigenvalue weighted by molar-refractivity contribution is 5.93. The molecule has 0 saturated heterocycles. The Labute approximate surface area is 78.1 Å². The van der Waals surface area contributed by atoms with Crippen LogP contribution in [0.1, 0.15) is 16.1 Å². The van der Waals surface area contributed by atoms with E-state index in [0.29, 0.717) is 11.3 Å². The van der Waals surface area contributed by atoms with Crippen LogP contribution in [0.5, 0.6) is 0 Å². The second-order valence-electron chi connectivity index (χ2n) is 2.67. The van der Waals surface area contributed by atoms with E-state index in [1.54, 1.807) is 6.92 Å². The number of hydrogen-bond donors (Lipinski definition) is 1. The van der Waals surface area contributed by atoms with E-state index in [9.17, 15) is 4.79 Å². The number of aromatic carboxylic acids is 1. The molecule has 1 N–H and O–H groups in total. The van der Waals surface area contributed by atoms with Gasteiger partial charge in [-0.05, 0) is 6.92 Å². The van der Waals surface area contributed by atoms with E-state index in [0.717, 1.165) is 6.20 Å². The van der Waals surface area contributed by atoms with E-state index in [2.05, 4.69) is 10.3 Å². The van der Waals surface area contributed by atoms with Crippen molar-refractivity contribution < 1.29 is 18.9 Å². The Morgan fingerprint density at radius 2 is 2.07 bits per heavy atom. The monoisotopic (exact) mass is 194 g/mol. The van der Waals surface area contributed by atoms with Crippen LogP contribution in [-0.4, -0.2) is 21.4 Å².